The average molecular weight is 284 g/mol. The van der Waals surface area contributed by atoms with Gasteiger partial charge in [0.15, 0.2) is 0 Å². The Bertz CT molecular complexity index is 273. The van der Waals surface area contributed by atoms with E-state index in [1.807, 2.05) is 0 Å². The highest BCUT2D eigenvalue weighted by atomic mass is 35.5. The lowest BCUT2D eigenvalue weighted by Gasteiger charge is -2.57. The summed E-state index contributed by atoms with van der Waals surface area (Å²) >= 11 is 0. The molecule has 1 saturated heterocycles. The van der Waals surface area contributed by atoms with Gasteiger partial charge in [-0.2, -0.15) is 0 Å². The zero-order chi connectivity index (χ0) is 12.0. The van der Waals surface area contributed by atoms with E-state index in [0.29, 0.717) is 0 Å². The van der Waals surface area contributed by atoms with E-state index in [1.54, 1.807) is 44.9 Å². The summed E-state index contributed by atoms with van der Waals surface area (Å²) in [5.74, 6) is 3.43. The van der Waals surface area contributed by atoms with Gasteiger partial charge in [-0.1, -0.05) is 0 Å². The molecule has 5 fully saturated rings. The van der Waals surface area contributed by atoms with E-state index in [9.17, 15) is 0 Å². The monoisotopic (exact) mass is 283 g/mol. The molecule has 5 aliphatic rings. The van der Waals surface area contributed by atoms with Crippen LogP contribution in [0, 0.1) is 23.2 Å². The minimum Gasteiger partial charge on any atom is -0.303 e. The molecular formula is C17H30ClN. The minimum absolute atomic E-state index is 0. The van der Waals surface area contributed by atoms with Crippen LogP contribution < -0.4 is 0 Å². The van der Waals surface area contributed by atoms with Crippen molar-refractivity contribution in [1.29, 1.82) is 0 Å². The molecule has 0 aromatic carbocycles. The molecule has 2 heteroatoms. The summed E-state index contributed by atoms with van der Waals surface area (Å²) in [6.45, 7) is 4.18. The second-order valence-corrected chi connectivity index (χ2v) is 8.07. The fourth-order valence-electron chi connectivity index (χ4n) is 6.28. The fourth-order valence-corrected chi connectivity index (χ4v) is 6.28. The third-order valence-corrected chi connectivity index (χ3v) is 6.55. The summed E-state index contributed by atoms with van der Waals surface area (Å²) in [7, 11) is 0. The summed E-state index contributed by atoms with van der Waals surface area (Å²) < 4.78 is 0. The standard InChI is InChI=1S/C17H29N.ClH/c1-2-6-18(5-1)7-3-4-17-11-14-8-15(12-17)10-16(9-14)13-17;/h14-16H,1-13H2;1H. The van der Waals surface area contributed by atoms with Crippen LogP contribution in [0.2, 0.25) is 0 Å². The maximum Gasteiger partial charge on any atom is -0.00183 e. The summed E-state index contributed by atoms with van der Waals surface area (Å²) in [4.78, 5) is 2.71. The van der Waals surface area contributed by atoms with E-state index in [4.69, 9.17) is 0 Å². The first-order chi connectivity index (χ1) is 8.81. The van der Waals surface area contributed by atoms with Crippen molar-refractivity contribution in [2.45, 2.75) is 64.2 Å². The van der Waals surface area contributed by atoms with Crippen molar-refractivity contribution in [1.82, 2.24) is 4.90 Å². The van der Waals surface area contributed by atoms with Crippen molar-refractivity contribution in [3.63, 3.8) is 0 Å². The third-order valence-electron chi connectivity index (χ3n) is 6.55. The van der Waals surface area contributed by atoms with Crippen molar-refractivity contribution in [3.05, 3.63) is 0 Å². The highest BCUT2D eigenvalue weighted by Crippen LogP contribution is 2.61. The molecule has 0 aromatic heterocycles. The Morgan fingerprint density at radius 2 is 1.37 bits per heavy atom. The number of hydrogen-bond acceptors (Lipinski definition) is 1. The Balaban J connectivity index is 0.00000110. The van der Waals surface area contributed by atoms with E-state index in [-0.39, 0.29) is 12.4 Å². The minimum atomic E-state index is 0. The lowest BCUT2D eigenvalue weighted by Crippen LogP contribution is -2.46. The molecule has 0 N–H and O–H groups in total. The van der Waals surface area contributed by atoms with Crippen LogP contribution in [0.15, 0.2) is 0 Å². The quantitative estimate of drug-likeness (QED) is 0.734. The molecule has 4 bridgehead atoms. The van der Waals surface area contributed by atoms with Crippen molar-refractivity contribution in [2.24, 2.45) is 23.2 Å². The molecule has 5 rings (SSSR count). The largest absolute Gasteiger partial charge is 0.303 e. The molecule has 1 nitrogen and oxygen atoms in total. The normalized spacial score (nSPS) is 44.5. The summed E-state index contributed by atoms with van der Waals surface area (Å²) in [5, 5.41) is 0. The Kier molecular flexibility index (Phi) is 4.16. The Labute approximate surface area is 124 Å². The van der Waals surface area contributed by atoms with Crippen LogP contribution >= 0.6 is 12.4 Å². The third kappa shape index (κ3) is 2.83. The van der Waals surface area contributed by atoms with Crippen LogP contribution in [0.25, 0.3) is 0 Å². The molecule has 0 atom stereocenters. The van der Waals surface area contributed by atoms with Gasteiger partial charge in [-0.3, -0.25) is 0 Å². The molecule has 0 aromatic rings. The SMILES string of the molecule is C1CCN(CCCC23CC4CC(CC(C4)C2)C3)C1.Cl. The molecule has 1 aliphatic heterocycles. The molecular weight excluding hydrogens is 254 g/mol. The summed E-state index contributed by atoms with van der Waals surface area (Å²) in [6.07, 6.45) is 15.6. The molecule has 0 unspecified atom stereocenters. The maximum atomic E-state index is 2.71. The van der Waals surface area contributed by atoms with Crippen LogP contribution in [0.1, 0.15) is 64.2 Å². The Morgan fingerprint density at radius 1 is 0.842 bits per heavy atom. The lowest BCUT2D eigenvalue weighted by atomic mass is 9.48. The van der Waals surface area contributed by atoms with Crippen molar-refractivity contribution < 1.29 is 0 Å². The first-order valence-corrected chi connectivity index (χ1v) is 8.54. The molecule has 0 amide bonds. The highest BCUT2D eigenvalue weighted by Gasteiger charge is 2.50. The van der Waals surface area contributed by atoms with E-state index >= 15 is 0 Å². The van der Waals surface area contributed by atoms with Gasteiger partial charge < -0.3 is 4.90 Å². The maximum absolute atomic E-state index is 2.71. The number of halogens is 1. The van der Waals surface area contributed by atoms with Gasteiger partial charge in [0.25, 0.3) is 0 Å². The number of rotatable bonds is 4. The van der Waals surface area contributed by atoms with Gasteiger partial charge in [-0.05, 0) is 107 Å². The summed E-state index contributed by atoms with van der Waals surface area (Å²) in [5.41, 5.74) is 0.828. The van der Waals surface area contributed by atoms with Crippen molar-refractivity contribution in [2.75, 3.05) is 19.6 Å². The van der Waals surface area contributed by atoms with Gasteiger partial charge in [-0.15, -0.1) is 12.4 Å². The molecule has 0 radical (unpaired) electrons. The van der Waals surface area contributed by atoms with E-state index in [0.717, 1.165) is 23.2 Å². The van der Waals surface area contributed by atoms with Gasteiger partial charge in [0, 0.05) is 0 Å². The predicted octanol–water partition coefficient (Wildman–Crippen LogP) is 4.50. The zero-order valence-corrected chi connectivity index (χ0v) is 13.1. The number of nitrogens with zero attached hydrogens (tertiary/aromatic N) is 1. The second-order valence-electron chi connectivity index (χ2n) is 8.07. The second kappa shape index (κ2) is 5.56. The van der Waals surface area contributed by atoms with Gasteiger partial charge in [0.05, 0.1) is 0 Å². The molecule has 0 spiro atoms. The molecule has 4 aliphatic carbocycles. The van der Waals surface area contributed by atoms with Gasteiger partial charge in [-0.25, -0.2) is 0 Å². The smallest absolute Gasteiger partial charge is 0.00183 e. The fraction of sp³-hybridized carbons (Fsp3) is 1.00. The average Bonchev–Trinajstić information content (AvgIpc) is 2.79. The highest BCUT2D eigenvalue weighted by molar-refractivity contribution is 5.85. The molecule has 4 saturated carbocycles. The Morgan fingerprint density at radius 3 is 1.89 bits per heavy atom. The first kappa shape index (κ1) is 14.2. The van der Waals surface area contributed by atoms with E-state index in [1.165, 1.54) is 38.9 Å². The van der Waals surface area contributed by atoms with Gasteiger partial charge >= 0.3 is 0 Å². The van der Waals surface area contributed by atoms with Crippen molar-refractivity contribution in [3.8, 4) is 0 Å². The van der Waals surface area contributed by atoms with Crippen LogP contribution in [-0.2, 0) is 0 Å². The number of hydrogen-bond donors (Lipinski definition) is 0. The van der Waals surface area contributed by atoms with E-state index in [2.05, 4.69) is 4.90 Å². The molecule has 19 heavy (non-hydrogen) atoms. The van der Waals surface area contributed by atoms with Crippen molar-refractivity contribution >= 4 is 12.4 Å². The predicted molar refractivity (Wildman–Crippen MR) is 82.8 cm³/mol. The first-order valence-electron chi connectivity index (χ1n) is 8.54. The molecule has 1 heterocycles. The topological polar surface area (TPSA) is 3.24 Å². The van der Waals surface area contributed by atoms with Crippen LogP contribution in [0.3, 0.4) is 0 Å². The lowest BCUT2D eigenvalue weighted by molar-refractivity contribution is -0.0588. The van der Waals surface area contributed by atoms with E-state index < -0.39 is 0 Å². The van der Waals surface area contributed by atoms with Gasteiger partial charge in [0.2, 0.25) is 0 Å². The Hall–Kier alpha value is 0.250. The summed E-state index contributed by atoms with van der Waals surface area (Å²) in [6, 6.07) is 0. The zero-order valence-electron chi connectivity index (χ0n) is 12.3. The van der Waals surface area contributed by atoms with Crippen LogP contribution in [0.4, 0.5) is 0 Å². The number of likely N-dealkylation sites (tertiary alicyclic amines) is 1. The molecule has 110 valence electrons. The van der Waals surface area contributed by atoms with Crippen LogP contribution in [0.5, 0.6) is 0 Å². The van der Waals surface area contributed by atoms with Gasteiger partial charge in [0.1, 0.15) is 0 Å². The van der Waals surface area contributed by atoms with Crippen LogP contribution in [-0.4, -0.2) is 24.5 Å².